The summed E-state index contributed by atoms with van der Waals surface area (Å²) in [5, 5.41) is 8.69. The van der Waals surface area contributed by atoms with Crippen molar-refractivity contribution in [1.82, 2.24) is 4.98 Å². The molecular weight excluding hydrogens is 256 g/mol. The highest BCUT2D eigenvalue weighted by Gasteiger charge is 2.18. The average molecular weight is 266 g/mol. The zero-order valence-corrected chi connectivity index (χ0v) is 9.67. The largest absolute Gasteiger partial charge is 0.481 e. The number of hydrogen-bond donors (Lipinski definition) is 1. The van der Waals surface area contributed by atoms with E-state index in [9.17, 15) is 13.6 Å². The molecule has 0 saturated heterocycles. The van der Waals surface area contributed by atoms with Crippen LogP contribution in [0.2, 0.25) is 0 Å². The van der Waals surface area contributed by atoms with Gasteiger partial charge in [0, 0.05) is 5.56 Å². The molecule has 0 fully saturated rings. The summed E-state index contributed by atoms with van der Waals surface area (Å²) in [6.07, 6.45) is -3.19. The first-order valence-electron chi connectivity index (χ1n) is 4.62. The van der Waals surface area contributed by atoms with Crippen LogP contribution in [0.15, 0.2) is 6.07 Å². The Morgan fingerprint density at radius 2 is 2.29 bits per heavy atom. The van der Waals surface area contributed by atoms with E-state index in [-0.39, 0.29) is 17.3 Å². The third-order valence-corrected chi connectivity index (χ3v) is 2.36. The number of aliphatic carboxylic acids is 1. The molecule has 1 N–H and O–H groups in total. The van der Waals surface area contributed by atoms with Crippen molar-refractivity contribution in [3.8, 4) is 5.88 Å². The van der Waals surface area contributed by atoms with Crippen LogP contribution in [0, 0.1) is 0 Å². The molecule has 0 radical (unpaired) electrons. The molecule has 0 aliphatic heterocycles. The summed E-state index contributed by atoms with van der Waals surface area (Å²) in [6.45, 7) is 0. The van der Waals surface area contributed by atoms with E-state index in [0.29, 0.717) is 5.56 Å². The minimum atomic E-state index is -2.79. The normalized spacial score (nSPS) is 10.6. The molecule has 4 nitrogen and oxygen atoms in total. The van der Waals surface area contributed by atoms with Crippen LogP contribution in [0.3, 0.4) is 0 Å². The van der Waals surface area contributed by atoms with Crippen LogP contribution in [0.1, 0.15) is 23.2 Å². The molecule has 1 heterocycles. The summed E-state index contributed by atoms with van der Waals surface area (Å²) in [5.74, 6) is -1.25. The molecule has 0 aliphatic rings. The molecule has 7 heteroatoms. The van der Waals surface area contributed by atoms with Gasteiger partial charge >= 0.3 is 5.97 Å². The standard InChI is InChI=1S/C10H10ClF2NO3/c1-17-10-6(4-11)5(3-8(15)16)2-7(14-10)9(12)13/h2,9H,3-4H2,1H3,(H,15,16). The van der Waals surface area contributed by atoms with Crippen molar-refractivity contribution < 1.29 is 23.4 Å². The van der Waals surface area contributed by atoms with Crippen LogP contribution >= 0.6 is 11.6 Å². The predicted octanol–water partition coefficient (Wildman–Crippen LogP) is 2.39. The highest BCUT2D eigenvalue weighted by atomic mass is 35.5. The van der Waals surface area contributed by atoms with Gasteiger partial charge in [-0.2, -0.15) is 0 Å². The lowest BCUT2D eigenvalue weighted by molar-refractivity contribution is -0.136. The number of aromatic nitrogens is 1. The van der Waals surface area contributed by atoms with Crippen LogP contribution in [0.5, 0.6) is 5.88 Å². The Kier molecular flexibility index (Phi) is 4.62. The monoisotopic (exact) mass is 265 g/mol. The molecule has 94 valence electrons. The summed E-state index contributed by atoms with van der Waals surface area (Å²) < 4.78 is 29.9. The minimum absolute atomic E-state index is 0.0533. The van der Waals surface area contributed by atoms with Crippen LogP contribution in [0.4, 0.5) is 8.78 Å². The van der Waals surface area contributed by atoms with Crippen LogP contribution in [-0.2, 0) is 17.1 Å². The fraction of sp³-hybridized carbons (Fsp3) is 0.400. The van der Waals surface area contributed by atoms with Gasteiger partial charge in [0.2, 0.25) is 5.88 Å². The molecule has 0 unspecified atom stereocenters. The molecule has 0 aromatic carbocycles. The summed E-state index contributed by atoms with van der Waals surface area (Å²) in [4.78, 5) is 14.2. The molecule has 0 spiro atoms. The fourth-order valence-corrected chi connectivity index (χ4v) is 1.65. The molecule has 1 aromatic heterocycles. The maximum absolute atomic E-state index is 12.5. The molecule has 0 aliphatic carbocycles. The Labute approximate surface area is 101 Å². The summed E-state index contributed by atoms with van der Waals surface area (Å²) in [7, 11) is 1.26. The van der Waals surface area contributed by atoms with Crippen molar-refractivity contribution in [1.29, 1.82) is 0 Å². The first-order chi connectivity index (χ1) is 7.99. The highest BCUT2D eigenvalue weighted by molar-refractivity contribution is 6.17. The van der Waals surface area contributed by atoms with E-state index in [0.717, 1.165) is 6.07 Å². The Balaban J connectivity index is 3.31. The van der Waals surface area contributed by atoms with Crippen molar-refractivity contribution in [2.24, 2.45) is 0 Å². The topological polar surface area (TPSA) is 59.4 Å². The Morgan fingerprint density at radius 3 is 2.71 bits per heavy atom. The Morgan fingerprint density at radius 1 is 1.65 bits per heavy atom. The summed E-state index contributed by atoms with van der Waals surface area (Å²) >= 11 is 5.63. The lowest BCUT2D eigenvalue weighted by Gasteiger charge is -2.12. The lowest BCUT2D eigenvalue weighted by Crippen LogP contribution is -2.08. The zero-order valence-electron chi connectivity index (χ0n) is 8.91. The fourth-order valence-electron chi connectivity index (χ4n) is 1.36. The van der Waals surface area contributed by atoms with Crippen LogP contribution < -0.4 is 4.74 Å². The van der Waals surface area contributed by atoms with Gasteiger partial charge < -0.3 is 9.84 Å². The summed E-state index contributed by atoms with van der Waals surface area (Å²) in [5.41, 5.74) is -0.0115. The molecular formula is C10H10ClF2NO3. The third kappa shape index (κ3) is 3.26. The van der Waals surface area contributed by atoms with Gasteiger partial charge in [-0.15, -0.1) is 11.6 Å². The van der Waals surface area contributed by atoms with Crippen molar-refractivity contribution in [2.75, 3.05) is 7.11 Å². The lowest BCUT2D eigenvalue weighted by atomic mass is 10.1. The molecule has 0 amide bonds. The number of ether oxygens (including phenoxy) is 1. The predicted molar refractivity (Wildman–Crippen MR) is 56.6 cm³/mol. The van der Waals surface area contributed by atoms with E-state index in [1.165, 1.54) is 7.11 Å². The van der Waals surface area contributed by atoms with Crippen molar-refractivity contribution in [3.63, 3.8) is 0 Å². The van der Waals surface area contributed by atoms with Gasteiger partial charge in [0.1, 0.15) is 5.69 Å². The number of carboxylic acid groups (broad SMARTS) is 1. The first-order valence-corrected chi connectivity index (χ1v) is 5.15. The second kappa shape index (κ2) is 5.77. The number of hydrogen-bond acceptors (Lipinski definition) is 3. The number of nitrogens with zero attached hydrogens (tertiary/aromatic N) is 1. The molecule has 1 rings (SSSR count). The van der Waals surface area contributed by atoms with Crippen molar-refractivity contribution in [2.45, 2.75) is 18.7 Å². The van der Waals surface area contributed by atoms with E-state index in [2.05, 4.69) is 4.98 Å². The second-order valence-electron chi connectivity index (χ2n) is 3.20. The number of pyridine rings is 1. The number of carboxylic acids is 1. The Bertz CT molecular complexity index is 426. The number of rotatable bonds is 5. The van der Waals surface area contributed by atoms with Gasteiger partial charge in [0.25, 0.3) is 6.43 Å². The van der Waals surface area contributed by atoms with Crippen molar-refractivity contribution in [3.05, 3.63) is 22.9 Å². The van der Waals surface area contributed by atoms with E-state index < -0.39 is 24.5 Å². The molecule has 0 bridgehead atoms. The van der Waals surface area contributed by atoms with Gasteiger partial charge in [0.15, 0.2) is 0 Å². The van der Waals surface area contributed by atoms with Crippen LogP contribution in [-0.4, -0.2) is 23.2 Å². The summed E-state index contributed by atoms with van der Waals surface area (Å²) in [6, 6.07) is 1.04. The number of halogens is 3. The highest BCUT2D eigenvalue weighted by Crippen LogP contribution is 2.28. The van der Waals surface area contributed by atoms with Gasteiger partial charge in [-0.05, 0) is 11.6 Å². The van der Waals surface area contributed by atoms with E-state index >= 15 is 0 Å². The van der Waals surface area contributed by atoms with Crippen LogP contribution in [0.25, 0.3) is 0 Å². The van der Waals surface area contributed by atoms with Crippen molar-refractivity contribution >= 4 is 17.6 Å². The first kappa shape index (κ1) is 13.6. The van der Waals surface area contributed by atoms with E-state index in [1.807, 2.05) is 0 Å². The maximum atomic E-state index is 12.5. The number of methoxy groups -OCH3 is 1. The number of carbonyl (C=O) groups is 1. The van der Waals surface area contributed by atoms with E-state index in [1.54, 1.807) is 0 Å². The Hall–Kier alpha value is -1.43. The van der Waals surface area contributed by atoms with Gasteiger partial charge in [-0.1, -0.05) is 0 Å². The van der Waals surface area contributed by atoms with Gasteiger partial charge in [-0.3, -0.25) is 4.79 Å². The van der Waals surface area contributed by atoms with Gasteiger partial charge in [-0.25, -0.2) is 13.8 Å². The van der Waals surface area contributed by atoms with Gasteiger partial charge in [0.05, 0.1) is 19.4 Å². The number of alkyl halides is 3. The average Bonchev–Trinajstić information content (AvgIpc) is 2.26. The molecule has 17 heavy (non-hydrogen) atoms. The zero-order chi connectivity index (χ0) is 13.0. The quantitative estimate of drug-likeness (QED) is 0.831. The third-order valence-electron chi connectivity index (χ3n) is 2.09. The molecule has 0 saturated carbocycles. The maximum Gasteiger partial charge on any atom is 0.307 e. The molecule has 0 atom stereocenters. The van der Waals surface area contributed by atoms with E-state index in [4.69, 9.17) is 21.4 Å². The second-order valence-corrected chi connectivity index (χ2v) is 3.47. The SMILES string of the molecule is COc1nc(C(F)F)cc(CC(=O)O)c1CCl. The smallest absolute Gasteiger partial charge is 0.307 e. The minimum Gasteiger partial charge on any atom is -0.481 e. The molecule has 1 aromatic rings.